The summed E-state index contributed by atoms with van der Waals surface area (Å²) in [5, 5.41) is 0. The molecule has 0 bridgehead atoms. The van der Waals surface area contributed by atoms with Gasteiger partial charge in [0.25, 0.3) is 5.91 Å². The van der Waals surface area contributed by atoms with Crippen molar-refractivity contribution in [3.63, 3.8) is 0 Å². The maximum Gasteiger partial charge on any atom is 0.252 e. The largest absolute Gasteiger partial charge is 0.497 e. The number of carbonyl (C=O) groups excluding carboxylic acids is 3. The average Bonchev–Trinajstić information content (AvgIpc) is 2.87. The lowest BCUT2D eigenvalue weighted by Crippen LogP contribution is -2.69. The molecular weight excluding hydrogens is 456 g/mol. The van der Waals surface area contributed by atoms with Gasteiger partial charge in [0.05, 0.1) is 13.2 Å². The van der Waals surface area contributed by atoms with E-state index in [1.54, 1.807) is 24.3 Å². The van der Waals surface area contributed by atoms with Crippen LogP contribution in [0.5, 0.6) is 5.75 Å². The van der Waals surface area contributed by atoms with E-state index in [9.17, 15) is 23.2 Å². The zero-order chi connectivity index (χ0) is 24.7. The molecule has 9 heteroatoms. The number of benzene rings is 3. The predicted octanol–water partition coefficient (Wildman–Crippen LogP) is 3.31. The number of piperazine rings is 2. The Balaban J connectivity index is 1.62. The van der Waals surface area contributed by atoms with Crippen molar-refractivity contribution in [2.45, 2.75) is 12.1 Å². The number of halogens is 2. The number of ether oxygens (including phenoxy) is 1. The molecule has 2 aliphatic heterocycles. The van der Waals surface area contributed by atoms with Crippen LogP contribution in [0.15, 0.2) is 72.8 Å². The van der Waals surface area contributed by atoms with Crippen molar-refractivity contribution in [3.8, 4) is 5.75 Å². The number of nitrogens with zero attached hydrogens (tertiary/aromatic N) is 3. The summed E-state index contributed by atoms with van der Waals surface area (Å²) < 4.78 is 32.5. The highest BCUT2D eigenvalue weighted by atomic mass is 19.1. The van der Waals surface area contributed by atoms with Gasteiger partial charge in [-0.3, -0.25) is 14.4 Å². The van der Waals surface area contributed by atoms with Crippen LogP contribution in [0.2, 0.25) is 0 Å². The van der Waals surface area contributed by atoms with Crippen LogP contribution < -0.4 is 14.5 Å². The minimum absolute atomic E-state index is 0.221. The van der Waals surface area contributed by atoms with E-state index in [4.69, 9.17) is 4.74 Å². The van der Waals surface area contributed by atoms with Crippen molar-refractivity contribution in [3.05, 3.63) is 90.0 Å². The molecule has 2 atom stereocenters. The first-order valence-corrected chi connectivity index (χ1v) is 11.0. The van der Waals surface area contributed by atoms with Crippen LogP contribution in [0.3, 0.4) is 0 Å². The molecule has 2 fully saturated rings. The Hall–Kier alpha value is -4.27. The van der Waals surface area contributed by atoms with Gasteiger partial charge in [0, 0.05) is 11.4 Å². The number of fused-ring (bicyclic) bond motifs is 1. The Morgan fingerprint density at radius 3 is 1.89 bits per heavy atom. The summed E-state index contributed by atoms with van der Waals surface area (Å²) in [6.07, 6.45) is 0. The van der Waals surface area contributed by atoms with Crippen LogP contribution >= 0.6 is 0 Å². The van der Waals surface area contributed by atoms with E-state index in [-0.39, 0.29) is 24.9 Å². The quantitative estimate of drug-likeness (QED) is 0.578. The Bertz CT molecular complexity index is 1280. The topological polar surface area (TPSA) is 70.2 Å². The van der Waals surface area contributed by atoms with Crippen molar-refractivity contribution in [2.75, 3.05) is 30.0 Å². The first-order valence-electron chi connectivity index (χ1n) is 11.0. The summed E-state index contributed by atoms with van der Waals surface area (Å²) in [7, 11) is 1.53. The third kappa shape index (κ3) is 3.99. The third-order valence-corrected chi connectivity index (χ3v) is 6.32. The van der Waals surface area contributed by atoms with Gasteiger partial charge in [-0.1, -0.05) is 12.1 Å². The van der Waals surface area contributed by atoms with Crippen molar-refractivity contribution >= 4 is 29.1 Å². The van der Waals surface area contributed by atoms with Crippen LogP contribution in [-0.2, 0) is 14.4 Å². The molecule has 0 N–H and O–H groups in total. The van der Waals surface area contributed by atoms with E-state index in [0.717, 1.165) is 0 Å². The van der Waals surface area contributed by atoms with E-state index in [1.807, 2.05) is 0 Å². The summed E-state index contributed by atoms with van der Waals surface area (Å²) in [5.41, 5.74) is 1.34. The van der Waals surface area contributed by atoms with Crippen LogP contribution in [0.25, 0.3) is 0 Å². The first-order chi connectivity index (χ1) is 16.9. The summed E-state index contributed by atoms with van der Waals surface area (Å²) in [6, 6.07) is 15.5. The number of rotatable bonds is 4. The fourth-order valence-electron chi connectivity index (χ4n) is 4.64. The predicted molar refractivity (Wildman–Crippen MR) is 124 cm³/mol. The molecule has 0 aliphatic carbocycles. The van der Waals surface area contributed by atoms with Gasteiger partial charge in [0.15, 0.2) is 0 Å². The average molecular weight is 477 g/mol. The van der Waals surface area contributed by atoms with Gasteiger partial charge in [0.2, 0.25) is 11.8 Å². The molecule has 0 spiro atoms. The number of methoxy groups -OCH3 is 1. The van der Waals surface area contributed by atoms with E-state index in [0.29, 0.717) is 22.7 Å². The van der Waals surface area contributed by atoms with Crippen molar-refractivity contribution in [1.82, 2.24) is 4.90 Å². The van der Waals surface area contributed by atoms with E-state index in [1.165, 1.54) is 70.3 Å². The fourth-order valence-corrected chi connectivity index (χ4v) is 4.64. The fraction of sp³-hybridized carbons (Fsp3) is 0.192. The number of anilines is 2. The highest BCUT2D eigenvalue weighted by Crippen LogP contribution is 2.39. The number of amides is 3. The molecule has 0 radical (unpaired) electrons. The van der Waals surface area contributed by atoms with Gasteiger partial charge < -0.3 is 19.4 Å². The Morgan fingerprint density at radius 1 is 0.714 bits per heavy atom. The van der Waals surface area contributed by atoms with Crippen LogP contribution in [0.1, 0.15) is 11.6 Å². The molecule has 2 aliphatic rings. The van der Waals surface area contributed by atoms with Crippen molar-refractivity contribution in [1.29, 1.82) is 0 Å². The summed E-state index contributed by atoms with van der Waals surface area (Å²) >= 11 is 0. The Kier molecular flexibility index (Phi) is 5.68. The van der Waals surface area contributed by atoms with Crippen LogP contribution in [0, 0.1) is 11.6 Å². The molecule has 35 heavy (non-hydrogen) atoms. The molecule has 2 heterocycles. The van der Waals surface area contributed by atoms with Gasteiger partial charge in [0.1, 0.15) is 36.5 Å². The van der Waals surface area contributed by atoms with Crippen molar-refractivity contribution in [2.24, 2.45) is 0 Å². The maximum atomic E-state index is 13.9. The second kappa shape index (κ2) is 8.83. The third-order valence-electron chi connectivity index (χ3n) is 6.32. The number of hydrogen-bond donors (Lipinski definition) is 0. The second-order valence-electron chi connectivity index (χ2n) is 8.33. The van der Waals surface area contributed by atoms with Crippen LogP contribution in [-0.4, -0.2) is 48.9 Å². The molecule has 2 saturated heterocycles. The second-order valence-corrected chi connectivity index (χ2v) is 8.33. The van der Waals surface area contributed by atoms with E-state index in [2.05, 4.69) is 0 Å². The molecule has 0 unspecified atom stereocenters. The molecule has 3 amide bonds. The highest BCUT2D eigenvalue weighted by molar-refractivity contribution is 6.11. The molecule has 0 saturated carbocycles. The Morgan fingerprint density at radius 2 is 1.29 bits per heavy atom. The zero-order valence-electron chi connectivity index (χ0n) is 18.7. The van der Waals surface area contributed by atoms with E-state index >= 15 is 0 Å². The van der Waals surface area contributed by atoms with Gasteiger partial charge >= 0.3 is 0 Å². The zero-order valence-corrected chi connectivity index (χ0v) is 18.7. The lowest BCUT2D eigenvalue weighted by Gasteiger charge is -2.50. The first kappa shape index (κ1) is 22.5. The molecule has 3 aromatic rings. The molecule has 3 aromatic carbocycles. The minimum atomic E-state index is -1.06. The highest BCUT2D eigenvalue weighted by Gasteiger charge is 2.52. The van der Waals surface area contributed by atoms with Crippen molar-refractivity contribution < 1.29 is 27.9 Å². The monoisotopic (exact) mass is 477 g/mol. The molecule has 0 aromatic heterocycles. The summed E-state index contributed by atoms with van der Waals surface area (Å²) in [4.78, 5) is 44.4. The molecule has 5 rings (SSSR count). The lowest BCUT2D eigenvalue weighted by atomic mass is 9.90. The van der Waals surface area contributed by atoms with E-state index < -0.39 is 29.6 Å². The van der Waals surface area contributed by atoms with Gasteiger partial charge in [-0.15, -0.1) is 0 Å². The molecular formula is C26H21F2N3O4. The van der Waals surface area contributed by atoms with Gasteiger partial charge in [-0.05, 0) is 66.2 Å². The summed E-state index contributed by atoms with van der Waals surface area (Å²) in [5.74, 6) is -1.56. The number of carbonyl (C=O) groups is 3. The van der Waals surface area contributed by atoms with Gasteiger partial charge in [-0.2, -0.15) is 0 Å². The number of hydrogen-bond acceptors (Lipinski definition) is 4. The minimum Gasteiger partial charge on any atom is -0.497 e. The van der Waals surface area contributed by atoms with Gasteiger partial charge in [-0.25, -0.2) is 8.78 Å². The SMILES string of the molecule is COc1ccc(N2CC(=O)N3CC(=O)N(c4ccc(F)cc4)[C@H](c4ccc(F)cc4)[C@@H]3C2=O)cc1. The van der Waals surface area contributed by atoms with Crippen LogP contribution in [0.4, 0.5) is 20.2 Å². The normalized spacial score (nSPS) is 20.2. The maximum absolute atomic E-state index is 13.9. The molecule has 7 nitrogen and oxygen atoms in total. The molecule has 178 valence electrons. The Labute approximate surface area is 200 Å². The summed E-state index contributed by atoms with van der Waals surface area (Å²) in [6.45, 7) is -0.525. The lowest BCUT2D eigenvalue weighted by molar-refractivity contribution is -0.149. The smallest absolute Gasteiger partial charge is 0.252 e. The standard InChI is InChI=1S/C26H21F2N3O4/c1-35-21-12-10-19(11-13-21)29-14-22(32)30-15-23(33)31(20-8-6-18(28)7-9-20)24(25(30)26(29)34)16-2-4-17(27)5-3-16/h2-13,24-25H,14-15H2,1H3/t24-,25-/m1/s1.